The Kier molecular flexibility index (Phi) is 6.18. The van der Waals surface area contributed by atoms with Crippen molar-refractivity contribution in [2.24, 2.45) is 0 Å². The molecule has 1 aromatic carbocycles. The fraction of sp³-hybridized carbons (Fsp3) is 0.214. The van der Waals surface area contributed by atoms with Crippen molar-refractivity contribution < 1.29 is 19.5 Å². The average molecular weight is 263 g/mol. The number of ether oxygens (including phenoxy) is 2. The Bertz CT molecular complexity index is 469. The third kappa shape index (κ3) is 4.85. The van der Waals surface area contributed by atoms with E-state index in [9.17, 15) is 4.79 Å². The molecule has 5 nitrogen and oxygen atoms in total. The average Bonchev–Trinajstić information content (AvgIpc) is 2.44. The Balaban J connectivity index is 2.91. The molecule has 0 bridgehead atoms. The van der Waals surface area contributed by atoms with Crippen LogP contribution in [0.2, 0.25) is 0 Å². The van der Waals surface area contributed by atoms with Crippen LogP contribution in [0.4, 0.5) is 0 Å². The lowest BCUT2D eigenvalue weighted by Gasteiger charge is -2.11. The Morgan fingerprint density at radius 1 is 1.42 bits per heavy atom. The summed E-state index contributed by atoms with van der Waals surface area (Å²) in [5.74, 6) is 0.617. The van der Waals surface area contributed by atoms with Gasteiger partial charge in [0, 0.05) is 6.08 Å². The highest BCUT2D eigenvalue weighted by atomic mass is 16.5. The summed E-state index contributed by atoms with van der Waals surface area (Å²) in [6.07, 6.45) is 4.43. The lowest BCUT2D eigenvalue weighted by Crippen LogP contribution is -2.14. The van der Waals surface area contributed by atoms with Crippen molar-refractivity contribution in [3.8, 4) is 11.5 Å². The zero-order chi connectivity index (χ0) is 14.1. The first-order valence-corrected chi connectivity index (χ1v) is 5.84. The van der Waals surface area contributed by atoms with E-state index in [4.69, 9.17) is 14.7 Å². The number of benzene rings is 1. The van der Waals surface area contributed by atoms with E-state index in [-0.39, 0.29) is 0 Å². The molecule has 0 saturated heterocycles. The van der Waals surface area contributed by atoms with Crippen LogP contribution >= 0.6 is 0 Å². The molecule has 0 aromatic heterocycles. The third-order valence-electron chi connectivity index (χ3n) is 2.16. The summed E-state index contributed by atoms with van der Waals surface area (Å²) in [7, 11) is 0. The standard InChI is InChI=1S/C14H17NO4/c1-3-9-19-12-7-5-11(6-8-14(16)15-17)10-13(12)18-4-2/h3,5-8,10,17H,1,4,9H2,2H3,(H,15,16)/b8-6+. The van der Waals surface area contributed by atoms with Crippen molar-refractivity contribution in [2.75, 3.05) is 13.2 Å². The summed E-state index contributed by atoms with van der Waals surface area (Å²) in [5.41, 5.74) is 2.28. The van der Waals surface area contributed by atoms with Crippen LogP contribution in [0.3, 0.4) is 0 Å². The lowest BCUT2D eigenvalue weighted by molar-refractivity contribution is -0.124. The number of hydrogen-bond acceptors (Lipinski definition) is 4. The Labute approximate surface area is 112 Å². The highest BCUT2D eigenvalue weighted by Crippen LogP contribution is 2.29. The van der Waals surface area contributed by atoms with Gasteiger partial charge in [-0.1, -0.05) is 18.7 Å². The summed E-state index contributed by atoms with van der Waals surface area (Å²) in [4.78, 5) is 10.9. The predicted octanol–water partition coefficient (Wildman–Crippen LogP) is 2.17. The van der Waals surface area contributed by atoms with Gasteiger partial charge in [-0.05, 0) is 30.7 Å². The van der Waals surface area contributed by atoms with E-state index in [1.165, 1.54) is 11.6 Å². The predicted molar refractivity (Wildman–Crippen MR) is 72.3 cm³/mol. The fourth-order valence-corrected chi connectivity index (χ4v) is 1.37. The van der Waals surface area contributed by atoms with E-state index < -0.39 is 5.91 Å². The molecule has 1 rings (SSSR count). The smallest absolute Gasteiger partial charge is 0.267 e. The van der Waals surface area contributed by atoms with Crippen LogP contribution in [0.25, 0.3) is 6.08 Å². The highest BCUT2D eigenvalue weighted by Gasteiger charge is 2.05. The van der Waals surface area contributed by atoms with Crippen molar-refractivity contribution in [1.82, 2.24) is 5.48 Å². The highest BCUT2D eigenvalue weighted by molar-refractivity contribution is 5.90. The largest absolute Gasteiger partial charge is 0.490 e. The number of carbonyl (C=O) groups is 1. The Morgan fingerprint density at radius 2 is 2.21 bits per heavy atom. The van der Waals surface area contributed by atoms with Gasteiger partial charge in [0.15, 0.2) is 11.5 Å². The summed E-state index contributed by atoms with van der Waals surface area (Å²) >= 11 is 0. The molecule has 0 aliphatic heterocycles. The third-order valence-corrected chi connectivity index (χ3v) is 2.16. The number of hydroxylamine groups is 1. The van der Waals surface area contributed by atoms with Gasteiger partial charge in [-0.3, -0.25) is 10.0 Å². The van der Waals surface area contributed by atoms with Crippen LogP contribution in [-0.2, 0) is 4.79 Å². The number of rotatable bonds is 7. The Hall–Kier alpha value is -2.27. The molecule has 102 valence electrons. The second-order valence-corrected chi connectivity index (χ2v) is 3.55. The number of nitrogens with one attached hydrogen (secondary N) is 1. The molecule has 0 atom stereocenters. The van der Waals surface area contributed by atoms with Crippen LogP contribution in [0.5, 0.6) is 11.5 Å². The van der Waals surface area contributed by atoms with Crippen LogP contribution in [0.1, 0.15) is 12.5 Å². The molecule has 0 heterocycles. The number of amides is 1. The molecule has 0 aliphatic rings. The first-order chi connectivity index (χ1) is 9.21. The maximum absolute atomic E-state index is 10.9. The zero-order valence-electron chi connectivity index (χ0n) is 10.8. The molecular formula is C14H17NO4. The minimum Gasteiger partial charge on any atom is -0.490 e. The molecule has 5 heteroatoms. The van der Waals surface area contributed by atoms with Gasteiger partial charge in [-0.2, -0.15) is 0 Å². The Morgan fingerprint density at radius 3 is 2.84 bits per heavy atom. The van der Waals surface area contributed by atoms with E-state index in [2.05, 4.69) is 6.58 Å². The second kappa shape index (κ2) is 7.94. The van der Waals surface area contributed by atoms with Crippen LogP contribution < -0.4 is 15.0 Å². The van der Waals surface area contributed by atoms with Crippen molar-refractivity contribution >= 4 is 12.0 Å². The van der Waals surface area contributed by atoms with Gasteiger partial charge in [0.25, 0.3) is 5.91 Å². The topological polar surface area (TPSA) is 67.8 Å². The molecule has 0 spiro atoms. The van der Waals surface area contributed by atoms with Gasteiger partial charge < -0.3 is 9.47 Å². The summed E-state index contributed by atoms with van der Waals surface area (Å²) < 4.78 is 10.9. The molecule has 0 unspecified atom stereocenters. The summed E-state index contributed by atoms with van der Waals surface area (Å²) in [6, 6.07) is 5.29. The normalized spacial score (nSPS) is 10.2. The van der Waals surface area contributed by atoms with E-state index >= 15 is 0 Å². The maximum Gasteiger partial charge on any atom is 0.267 e. The maximum atomic E-state index is 10.9. The zero-order valence-corrected chi connectivity index (χ0v) is 10.8. The van der Waals surface area contributed by atoms with Gasteiger partial charge in [-0.25, -0.2) is 5.48 Å². The molecule has 2 N–H and O–H groups in total. The molecule has 0 radical (unpaired) electrons. The van der Waals surface area contributed by atoms with Crippen molar-refractivity contribution in [3.63, 3.8) is 0 Å². The summed E-state index contributed by atoms with van der Waals surface area (Å²) in [6.45, 7) is 6.36. The molecular weight excluding hydrogens is 246 g/mol. The van der Waals surface area contributed by atoms with Gasteiger partial charge in [0.05, 0.1) is 6.61 Å². The second-order valence-electron chi connectivity index (χ2n) is 3.55. The summed E-state index contributed by atoms with van der Waals surface area (Å²) in [5, 5.41) is 8.39. The molecule has 1 amide bonds. The molecule has 0 saturated carbocycles. The molecule has 0 aliphatic carbocycles. The van der Waals surface area contributed by atoms with E-state index in [0.717, 1.165) is 5.56 Å². The van der Waals surface area contributed by atoms with Crippen LogP contribution in [0, 0.1) is 0 Å². The number of carbonyl (C=O) groups excluding carboxylic acids is 1. The van der Waals surface area contributed by atoms with Crippen molar-refractivity contribution in [2.45, 2.75) is 6.92 Å². The first kappa shape index (κ1) is 14.8. The van der Waals surface area contributed by atoms with Gasteiger partial charge in [0.1, 0.15) is 6.61 Å². The van der Waals surface area contributed by atoms with Crippen LogP contribution in [-0.4, -0.2) is 24.3 Å². The minimum absolute atomic E-state index is 0.391. The quantitative estimate of drug-likeness (QED) is 0.342. The lowest BCUT2D eigenvalue weighted by atomic mass is 10.2. The molecule has 0 fully saturated rings. The SMILES string of the molecule is C=CCOc1ccc(/C=C/C(=O)NO)cc1OCC. The molecule has 19 heavy (non-hydrogen) atoms. The molecule has 1 aromatic rings. The van der Waals surface area contributed by atoms with Crippen molar-refractivity contribution in [1.29, 1.82) is 0 Å². The van der Waals surface area contributed by atoms with Gasteiger partial charge >= 0.3 is 0 Å². The van der Waals surface area contributed by atoms with Gasteiger partial charge in [0.2, 0.25) is 0 Å². The van der Waals surface area contributed by atoms with E-state index in [1.807, 2.05) is 6.92 Å². The van der Waals surface area contributed by atoms with Gasteiger partial charge in [-0.15, -0.1) is 0 Å². The first-order valence-electron chi connectivity index (χ1n) is 5.84. The van der Waals surface area contributed by atoms with E-state index in [1.54, 1.807) is 30.4 Å². The minimum atomic E-state index is -0.593. The fourth-order valence-electron chi connectivity index (χ4n) is 1.37. The van der Waals surface area contributed by atoms with Crippen LogP contribution in [0.15, 0.2) is 36.9 Å². The van der Waals surface area contributed by atoms with Crippen molar-refractivity contribution in [3.05, 3.63) is 42.5 Å². The monoisotopic (exact) mass is 263 g/mol. The number of hydrogen-bond donors (Lipinski definition) is 2. The van der Waals surface area contributed by atoms with E-state index in [0.29, 0.717) is 24.7 Å².